The smallest absolute Gasteiger partial charge is 0.279 e. The fraction of sp³-hybridized carbons (Fsp3) is 0.480. The molecular weight excluding hydrogens is 573 g/mol. The highest BCUT2D eigenvalue weighted by Gasteiger charge is 2.22. The van der Waals surface area contributed by atoms with Gasteiger partial charge in [-0.25, -0.2) is 9.67 Å². The summed E-state index contributed by atoms with van der Waals surface area (Å²) in [7, 11) is 2.07. The van der Waals surface area contributed by atoms with E-state index in [4.69, 9.17) is 27.9 Å². The summed E-state index contributed by atoms with van der Waals surface area (Å²) in [4.78, 5) is 36.3. The van der Waals surface area contributed by atoms with E-state index in [0.717, 1.165) is 71.1 Å². The number of carbonyl (C=O) groups excluding carboxylic acids is 2. The Labute approximate surface area is 246 Å². The maximum atomic E-state index is 13.1. The summed E-state index contributed by atoms with van der Waals surface area (Å²) >= 11 is 11.8. The number of carbonyl (C=O) groups is 2. The van der Waals surface area contributed by atoms with Gasteiger partial charge < -0.3 is 25.2 Å². The van der Waals surface area contributed by atoms with Gasteiger partial charge in [-0.15, -0.1) is 15.3 Å². The summed E-state index contributed by atoms with van der Waals surface area (Å²) in [6.45, 7) is 8.06. The van der Waals surface area contributed by atoms with Crippen LogP contribution in [-0.4, -0.2) is 124 Å². The third-order valence-electron chi connectivity index (χ3n) is 6.94. The molecule has 2 aromatic heterocycles. The van der Waals surface area contributed by atoms with Crippen LogP contribution in [0.1, 0.15) is 27.4 Å². The lowest BCUT2D eigenvalue weighted by Crippen LogP contribution is -2.44. The Balaban J connectivity index is 1.30. The highest BCUT2D eigenvalue weighted by atomic mass is 35.5. The number of amides is 2. The molecule has 41 heavy (non-hydrogen) atoms. The quantitative estimate of drug-likeness (QED) is 0.340. The zero-order valence-corrected chi connectivity index (χ0v) is 24.1. The second-order valence-electron chi connectivity index (χ2n) is 9.78. The van der Waals surface area contributed by atoms with Gasteiger partial charge in [0, 0.05) is 45.8 Å². The van der Waals surface area contributed by atoms with Gasteiger partial charge in [0.15, 0.2) is 16.5 Å². The molecule has 2 fully saturated rings. The van der Waals surface area contributed by atoms with Crippen molar-refractivity contribution in [1.82, 2.24) is 45.3 Å². The molecule has 0 atom stereocenters. The molecule has 218 valence electrons. The van der Waals surface area contributed by atoms with Crippen LogP contribution in [0.5, 0.6) is 0 Å². The maximum Gasteiger partial charge on any atom is 0.279 e. The monoisotopic (exact) mass is 603 g/mol. The van der Waals surface area contributed by atoms with Crippen molar-refractivity contribution in [2.24, 2.45) is 0 Å². The Bertz CT molecular complexity index is 1370. The summed E-state index contributed by atoms with van der Waals surface area (Å²) in [5, 5.41) is 21.1. The van der Waals surface area contributed by atoms with E-state index < -0.39 is 5.91 Å². The first-order chi connectivity index (χ1) is 19.9. The molecule has 2 amide bonds. The predicted octanol–water partition coefficient (Wildman–Crippen LogP) is 1.22. The first kappa shape index (κ1) is 29.1. The topological polar surface area (TPSA) is 147 Å². The largest absolute Gasteiger partial charge is 0.379 e. The number of benzene rings is 1. The zero-order chi connectivity index (χ0) is 28.8. The summed E-state index contributed by atoms with van der Waals surface area (Å²) in [6.07, 6.45) is 2.38. The van der Waals surface area contributed by atoms with E-state index >= 15 is 0 Å². The average Bonchev–Trinajstić information content (AvgIpc) is 3.47. The van der Waals surface area contributed by atoms with Crippen LogP contribution in [0, 0.1) is 0 Å². The minimum atomic E-state index is -0.588. The molecule has 14 nitrogen and oxygen atoms in total. The molecule has 2 N–H and O–H groups in total. The molecule has 0 radical (unpaired) electrons. The van der Waals surface area contributed by atoms with Gasteiger partial charge in [-0.05, 0) is 49.8 Å². The lowest BCUT2D eigenvalue weighted by atomic mass is 10.2. The van der Waals surface area contributed by atoms with Crippen molar-refractivity contribution < 1.29 is 14.3 Å². The highest BCUT2D eigenvalue weighted by Crippen LogP contribution is 2.30. The van der Waals surface area contributed by atoms with Gasteiger partial charge in [0.1, 0.15) is 0 Å². The molecule has 0 spiro atoms. The Kier molecular flexibility index (Phi) is 9.57. The first-order valence-electron chi connectivity index (χ1n) is 13.3. The van der Waals surface area contributed by atoms with Crippen LogP contribution >= 0.6 is 23.2 Å². The standard InChI is InChI=1S/C25H31Cl2N11O3/c1-35-7-9-37(10-8-35)20-4-3-17(15-18(20)29-24(40)21-22(26)30-25(27)33-32-21)38-16-19(31-34-38)23(39)28-5-2-6-36-11-13-41-14-12-36/h3-4,15-16H,2,5-14H2,1H3,(H,28,39)(H,29,40). The fourth-order valence-corrected chi connectivity index (χ4v) is 4.98. The van der Waals surface area contributed by atoms with E-state index in [1.165, 1.54) is 4.68 Å². The summed E-state index contributed by atoms with van der Waals surface area (Å²) in [5.74, 6) is -0.890. The van der Waals surface area contributed by atoms with E-state index in [-0.39, 0.29) is 27.7 Å². The van der Waals surface area contributed by atoms with Gasteiger partial charge in [0.25, 0.3) is 11.8 Å². The van der Waals surface area contributed by atoms with Crippen molar-refractivity contribution in [2.45, 2.75) is 6.42 Å². The number of morpholine rings is 1. The Morgan fingerprint density at radius 3 is 2.54 bits per heavy atom. The molecule has 2 aliphatic heterocycles. The highest BCUT2D eigenvalue weighted by molar-refractivity contribution is 6.34. The number of hydrogen-bond acceptors (Lipinski definition) is 11. The predicted molar refractivity (Wildman–Crippen MR) is 153 cm³/mol. The van der Waals surface area contributed by atoms with Gasteiger partial charge in [0.05, 0.1) is 36.5 Å². The van der Waals surface area contributed by atoms with Gasteiger partial charge in [-0.2, -0.15) is 0 Å². The summed E-state index contributed by atoms with van der Waals surface area (Å²) in [5.41, 5.74) is 1.97. The molecule has 2 aliphatic rings. The van der Waals surface area contributed by atoms with E-state index in [2.05, 4.69) is 57.9 Å². The van der Waals surface area contributed by atoms with Crippen molar-refractivity contribution in [2.75, 3.05) is 82.8 Å². The van der Waals surface area contributed by atoms with E-state index in [9.17, 15) is 9.59 Å². The van der Waals surface area contributed by atoms with Crippen LogP contribution in [0.25, 0.3) is 5.69 Å². The van der Waals surface area contributed by atoms with E-state index in [1.807, 2.05) is 12.1 Å². The number of aromatic nitrogens is 6. The number of halogens is 2. The summed E-state index contributed by atoms with van der Waals surface area (Å²) < 4.78 is 6.85. The Morgan fingerprint density at radius 1 is 1.00 bits per heavy atom. The lowest BCUT2D eigenvalue weighted by Gasteiger charge is -2.35. The normalized spacial score (nSPS) is 16.5. The molecule has 3 aromatic rings. The molecule has 16 heteroatoms. The lowest BCUT2D eigenvalue weighted by molar-refractivity contribution is 0.0374. The first-order valence-corrected chi connectivity index (χ1v) is 14.1. The third kappa shape index (κ3) is 7.45. The second kappa shape index (κ2) is 13.5. The van der Waals surface area contributed by atoms with Crippen molar-refractivity contribution >= 4 is 46.4 Å². The van der Waals surface area contributed by atoms with Crippen molar-refractivity contribution in [3.05, 3.63) is 46.2 Å². The molecule has 2 saturated heterocycles. The summed E-state index contributed by atoms with van der Waals surface area (Å²) in [6, 6.07) is 5.52. The van der Waals surface area contributed by atoms with E-state index in [0.29, 0.717) is 17.9 Å². The number of rotatable bonds is 9. The SMILES string of the molecule is CN1CCN(c2ccc(-n3cc(C(=O)NCCCN4CCOCC4)nn3)cc2NC(=O)c2nnc(Cl)nc2Cl)CC1. The van der Waals surface area contributed by atoms with Crippen molar-refractivity contribution in [1.29, 1.82) is 0 Å². The number of nitrogens with zero attached hydrogens (tertiary/aromatic N) is 9. The van der Waals surface area contributed by atoms with Crippen molar-refractivity contribution in [3.63, 3.8) is 0 Å². The van der Waals surface area contributed by atoms with Gasteiger partial charge >= 0.3 is 0 Å². The molecule has 4 heterocycles. The van der Waals surface area contributed by atoms with Crippen LogP contribution in [0.2, 0.25) is 10.4 Å². The van der Waals surface area contributed by atoms with Gasteiger partial charge in [0.2, 0.25) is 5.28 Å². The second-order valence-corrected chi connectivity index (χ2v) is 10.5. The van der Waals surface area contributed by atoms with Crippen LogP contribution in [0.4, 0.5) is 11.4 Å². The number of nitrogens with one attached hydrogen (secondary N) is 2. The number of piperazine rings is 1. The number of hydrogen-bond donors (Lipinski definition) is 2. The maximum absolute atomic E-state index is 13.1. The Hall–Kier alpha value is -3.43. The van der Waals surface area contributed by atoms with Crippen LogP contribution in [0.3, 0.4) is 0 Å². The molecule has 0 bridgehead atoms. The molecular formula is C25H31Cl2N11O3. The van der Waals surface area contributed by atoms with Crippen LogP contribution < -0.4 is 15.5 Å². The molecule has 0 saturated carbocycles. The minimum Gasteiger partial charge on any atom is -0.379 e. The number of anilines is 2. The molecule has 1 aromatic carbocycles. The van der Waals surface area contributed by atoms with Gasteiger partial charge in [-0.1, -0.05) is 16.8 Å². The number of ether oxygens (including phenoxy) is 1. The molecule has 0 unspecified atom stereocenters. The number of likely N-dealkylation sites (N-methyl/N-ethyl adjacent to an activating group) is 1. The molecule has 5 rings (SSSR count). The molecule has 0 aliphatic carbocycles. The third-order valence-corrected chi connectivity index (χ3v) is 7.36. The van der Waals surface area contributed by atoms with Gasteiger partial charge in [-0.3, -0.25) is 14.5 Å². The average molecular weight is 605 g/mol. The zero-order valence-electron chi connectivity index (χ0n) is 22.6. The Morgan fingerprint density at radius 2 is 1.78 bits per heavy atom. The van der Waals surface area contributed by atoms with Crippen LogP contribution in [0.15, 0.2) is 24.4 Å². The van der Waals surface area contributed by atoms with Crippen LogP contribution in [-0.2, 0) is 4.74 Å². The fourth-order valence-electron chi connectivity index (χ4n) is 4.61. The minimum absolute atomic E-state index is 0.154. The van der Waals surface area contributed by atoms with Crippen molar-refractivity contribution in [3.8, 4) is 5.69 Å². The van der Waals surface area contributed by atoms with E-state index in [1.54, 1.807) is 12.3 Å².